The van der Waals surface area contributed by atoms with Gasteiger partial charge in [0.05, 0.1) is 0 Å². The molecule has 8 nitrogen and oxygen atoms in total. The first-order valence-electron chi connectivity index (χ1n) is 8.36. The standard InChI is InChI=1S/C15H18N8S/c1-5-21(13-14-19-17-10-23(14)7-4-16-13)8-9-22(6-1)15-18-12(20-24-15)11-2-3-11/h4,7,10-11H,1-3,5-6,8-9H2. The Labute approximate surface area is 143 Å². The summed E-state index contributed by atoms with van der Waals surface area (Å²) >= 11 is 1.54. The number of fused-ring (bicyclic) bond motifs is 1. The summed E-state index contributed by atoms with van der Waals surface area (Å²) in [6.45, 7) is 3.80. The van der Waals surface area contributed by atoms with E-state index in [-0.39, 0.29) is 0 Å². The Kier molecular flexibility index (Phi) is 3.32. The van der Waals surface area contributed by atoms with Crippen molar-refractivity contribution in [1.82, 2.24) is 28.9 Å². The molecule has 1 saturated heterocycles. The normalized spacial score (nSPS) is 19.0. The molecule has 0 bridgehead atoms. The van der Waals surface area contributed by atoms with Crippen LogP contribution in [0, 0.1) is 0 Å². The number of rotatable bonds is 3. The summed E-state index contributed by atoms with van der Waals surface area (Å²) in [5, 5.41) is 9.26. The van der Waals surface area contributed by atoms with Crippen molar-refractivity contribution in [3.8, 4) is 0 Å². The summed E-state index contributed by atoms with van der Waals surface area (Å²) in [7, 11) is 0. The molecule has 3 aromatic rings. The molecule has 0 amide bonds. The van der Waals surface area contributed by atoms with Crippen molar-refractivity contribution in [3.05, 3.63) is 24.5 Å². The minimum Gasteiger partial charge on any atom is -0.352 e. The molecule has 24 heavy (non-hydrogen) atoms. The van der Waals surface area contributed by atoms with Gasteiger partial charge in [-0.3, -0.25) is 4.40 Å². The fourth-order valence-corrected chi connectivity index (χ4v) is 3.95. The zero-order valence-electron chi connectivity index (χ0n) is 13.2. The van der Waals surface area contributed by atoms with Crippen LogP contribution in [0.5, 0.6) is 0 Å². The molecule has 0 aromatic carbocycles. The molecule has 3 aromatic heterocycles. The molecular formula is C15H18N8S. The molecule has 4 heterocycles. The van der Waals surface area contributed by atoms with E-state index in [1.54, 1.807) is 12.5 Å². The summed E-state index contributed by atoms with van der Waals surface area (Å²) in [6.07, 6.45) is 8.96. The lowest BCUT2D eigenvalue weighted by Gasteiger charge is -2.22. The fraction of sp³-hybridized carbons (Fsp3) is 0.533. The number of hydrogen-bond donors (Lipinski definition) is 0. The summed E-state index contributed by atoms with van der Waals surface area (Å²) in [5.74, 6) is 2.58. The van der Waals surface area contributed by atoms with E-state index in [4.69, 9.17) is 4.98 Å². The van der Waals surface area contributed by atoms with E-state index >= 15 is 0 Å². The highest BCUT2D eigenvalue weighted by Crippen LogP contribution is 2.39. The smallest absolute Gasteiger partial charge is 0.205 e. The molecule has 1 saturated carbocycles. The Morgan fingerprint density at radius 3 is 2.88 bits per heavy atom. The van der Waals surface area contributed by atoms with E-state index in [0.29, 0.717) is 5.92 Å². The third-order valence-corrected chi connectivity index (χ3v) is 5.43. The van der Waals surface area contributed by atoms with Crippen molar-refractivity contribution in [2.24, 2.45) is 0 Å². The van der Waals surface area contributed by atoms with Gasteiger partial charge in [0.15, 0.2) is 5.82 Å². The zero-order valence-corrected chi connectivity index (χ0v) is 14.1. The first-order valence-corrected chi connectivity index (χ1v) is 9.14. The first kappa shape index (κ1) is 14.1. The van der Waals surface area contributed by atoms with Crippen LogP contribution >= 0.6 is 11.5 Å². The highest BCUT2D eigenvalue weighted by Gasteiger charge is 2.29. The van der Waals surface area contributed by atoms with Crippen molar-refractivity contribution >= 4 is 28.1 Å². The first-order chi connectivity index (χ1) is 11.9. The van der Waals surface area contributed by atoms with E-state index in [1.807, 2.05) is 10.6 Å². The van der Waals surface area contributed by atoms with Crippen molar-refractivity contribution in [2.45, 2.75) is 25.2 Å². The maximum atomic E-state index is 4.75. The Morgan fingerprint density at radius 2 is 1.96 bits per heavy atom. The van der Waals surface area contributed by atoms with Crippen LogP contribution in [-0.4, -0.2) is 55.1 Å². The Balaban J connectivity index is 1.35. The molecule has 1 aliphatic heterocycles. The molecule has 1 aliphatic carbocycles. The van der Waals surface area contributed by atoms with Crippen LogP contribution in [0.3, 0.4) is 0 Å². The van der Waals surface area contributed by atoms with Gasteiger partial charge in [-0.25, -0.2) is 9.97 Å². The van der Waals surface area contributed by atoms with Gasteiger partial charge in [-0.05, 0) is 19.3 Å². The molecule has 0 atom stereocenters. The number of aromatic nitrogens is 6. The van der Waals surface area contributed by atoms with Crippen LogP contribution < -0.4 is 9.80 Å². The van der Waals surface area contributed by atoms with E-state index in [1.165, 1.54) is 24.4 Å². The van der Waals surface area contributed by atoms with Crippen molar-refractivity contribution in [3.63, 3.8) is 0 Å². The average Bonchev–Trinajstić information content (AvgIpc) is 3.23. The van der Waals surface area contributed by atoms with Gasteiger partial charge in [0.25, 0.3) is 0 Å². The van der Waals surface area contributed by atoms with Crippen LogP contribution in [0.4, 0.5) is 10.9 Å². The van der Waals surface area contributed by atoms with Gasteiger partial charge < -0.3 is 9.80 Å². The van der Waals surface area contributed by atoms with E-state index in [9.17, 15) is 0 Å². The molecule has 5 rings (SSSR count). The molecule has 2 aliphatic rings. The highest BCUT2D eigenvalue weighted by molar-refractivity contribution is 7.09. The van der Waals surface area contributed by atoms with Crippen LogP contribution in [0.15, 0.2) is 18.7 Å². The molecule has 0 spiro atoms. The van der Waals surface area contributed by atoms with Crippen LogP contribution in [0.1, 0.15) is 31.0 Å². The number of nitrogens with zero attached hydrogens (tertiary/aromatic N) is 8. The zero-order chi connectivity index (χ0) is 15.9. The molecule has 124 valence electrons. The van der Waals surface area contributed by atoms with Gasteiger partial charge in [-0.1, -0.05) is 0 Å². The Hall–Kier alpha value is -2.29. The average molecular weight is 342 g/mol. The molecule has 0 unspecified atom stereocenters. The predicted molar refractivity (Wildman–Crippen MR) is 91.7 cm³/mol. The maximum absolute atomic E-state index is 4.75. The summed E-state index contributed by atoms with van der Waals surface area (Å²) in [5.41, 5.74) is 0.817. The Morgan fingerprint density at radius 1 is 1.08 bits per heavy atom. The van der Waals surface area contributed by atoms with Gasteiger partial charge in [0.2, 0.25) is 10.8 Å². The summed E-state index contributed by atoms with van der Waals surface area (Å²) in [4.78, 5) is 13.9. The van der Waals surface area contributed by atoms with Crippen LogP contribution in [0.25, 0.3) is 5.65 Å². The summed E-state index contributed by atoms with van der Waals surface area (Å²) < 4.78 is 6.45. The maximum Gasteiger partial charge on any atom is 0.205 e. The number of hydrogen-bond acceptors (Lipinski definition) is 8. The van der Waals surface area contributed by atoms with Gasteiger partial charge >= 0.3 is 0 Å². The molecule has 9 heteroatoms. The molecule has 2 fully saturated rings. The van der Waals surface area contributed by atoms with Gasteiger partial charge in [-0.2, -0.15) is 4.37 Å². The van der Waals surface area contributed by atoms with E-state index in [0.717, 1.165) is 55.0 Å². The third kappa shape index (κ3) is 2.48. The van der Waals surface area contributed by atoms with Crippen LogP contribution in [-0.2, 0) is 0 Å². The topological polar surface area (TPSA) is 75.3 Å². The van der Waals surface area contributed by atoms with E-state index < -0.39 is 0 Å². The summed E-state index contributed by atoms with van der Waals surface area (Å²) in [6, 6.07) is 0. The second-order valence-corrected chi connectivity index (χ2v) is 7.08. The second-order valence-electron chi connectivity index (χ2n) is 6.35. The van der Waals surface area contributed by atoms with E-state index in [2.05, 4.69) is 29.4 Å². The second kappa shape index (κ2) is 5.66. The van der Waals surface area contributed by atoms with Gasteiger partial charge in [-0.15, -0.1) is 10.2 Å². The fourth-order valence-electron chi connectivity index (χ4n) is 3.15. The minimum absolute atomic E-state index is 0.619. The van der Waals surface area contributed by atoms with Crippen molar-refractivity contribution in [2.75, 3.05) is 36.0 Å². The number of anilines is 2. The highest BCUT2D eigenvalue weighted by atomic mass is 32.1. The van der Waals surface area contributed by atoms with Crippen molar-refractivity contribution in [1.29, 1.82) is 0 Å². The quantitative estimate of drug-likeness (QED) is 0.715. The van der Waals surface area contributed by atoms with Crippen LogP contribution in [0.2, 0.25) is 0 Å². The largest absolute Gasteiger partial charge is 0.352 e. The molecule has 0 radical (unpaired) electrons. The predicted octanol–water partition coefficient (Wildman–Crippen LogP) is 1.57. The van der Waals surface area contributed by atoms with Gasteiger partial charge in [0.1, 0.15) is 12.2 Å². The third-order valence-electron chi connectivity index (χ3n) is 4.64. The van der Waals surface area contributed by atoms with Gasteiger partial charge in [0, 0.05) is 56.0 Å². The Bertz CT molecular complexity index is 854. The van der Waals surface area contributed by atoms with Crippen molar-refractivity contribution < 1.29 is 0 Å². The molecule has 0 N–H and O–H groups in total. The lowest BCUT2D eigenvalue weighted by Crippen LogP contribution is -2.31. The minimum atomic E-state index is 0.619. The monoisotopic (exact) mass is 342 g/mol. The lowest BCUT2D eigenvalue weighted by molar-refractivity contribution is 0.795. The SMILES string of the molecule is c1cn2cnnc2c(N2CCCN(c3nc(C4CC4)ns3)CC2)n1. The molecular weight excluding hydrogens is 324 g/mol. The lowest BCUT2D eigenvalue weighted by atomic mass is 10.4.